The van der Waals surface area contributed by atoms with Crippen LogP contribution in [0.4, 0.5) is 0 Å². The highest BCUT2D eigenvalue weighted by atomic mass is 32.2. The molecular weight excluding hydrogens is 272 g/mol. The standard InChI is InChI=1S/C11H12N2OS3/c1-5-3-6(5)12-9(14)7-4-8-10(16-7)13-11(15-2)17-8/h4-6H,3H2,1-2H3,(H,12,14)/t5-,6-/m0/s1. The number of nitrogens with one attached hydrogen (secondary N) is 1. The molecule has 0 aromatic carbocycles. The topological polar surface area (TPSA) is 42.0 Å². The van der Waals surface area contributed by atoms with Crippen molar-refractivity contribution < 1.29 is 4.79 Å². The Morgan fingerprint density at radius 3 is 2.94 bits per heavy atom. The number of hydrogen-bond acceptors (Lipinski definition) is 5. The van der Waals surface area contributed by atoms with Gasteiger partial charge in [0.1, 0.15) is 4.83 Å². The van der Waals surface area contributed by atoms with Gasteiger partial charge in [-0.15, -0.1) is 22.7 Å². The molecule has 17 heavy (non-hydrogen) atoms. The summed E-state index contributed by atoms with van der Waals surface area (Å²) in [6.07, 6.45) is 3.13. The molecule has 0 saturated heterocycles. The number of thiophene rings is 1. The van der Waals surface area contributed by atoms with Crippen LogP contribution in [-0.2, 0) is 0 Å². The highest BCUT2D eigenvalue weighted by Gasteiger charge is 2.34. The van der Waals surface area contributed by atoms with Crippen molar-refractivity contribution >= 4 is 49.9 Å². The summed E-state index contributed by atoms with van der Waals surface area (Å²) in [5, 5.41) is 3.04. The maximum atomic E-state index is 11.9. The molecule has 2 aromatic heterocycles. The first-order valence-corrected chi connectivity index (χ1v) is 8.28. The Morgan fingerprint density at radius 1 is 1.59 bits per heavy atom. The second-order valence-corrected chi connectivity index (χ2v) is 7.37. The Kier molecular flexibility index (Phi) is 2.88. The average molecular weight is 284 g/mol. The van der Waals surface area contributed by atoms with E-state index >= 15 is 0 Å². The quantitative estimate of drug-likeness (QED) is 0.880. The molecule has 6 heteroatoms. The summed E-state index contributed by atoms with van der Waals surface area (Å²) in [4.78, 5) is 18.2. The molecule has 3 rings (SSSR count). The number of carbonyl (C=O) groups is 1. The summed E-state index contributed by atoms with van der Waals surface area (Å²) in [5.41, 5.74) is 0. The predicted molar refractivity (Wildman–Crippen MR) is 74.3 cm³/mol. The molecule has 2 heterocycles. The molecule has 1 aliphatic carbocycles. The van der Waals surface area contributed by atoms with Crippen LogP contribution >= 0.6 is 34.4 Å². The van der Waals surface area contributed by atoms with E-state index in [0.29, 0.717) is 12.0 Å². The van der Waals surface area contributed by atoms with Gasteiger partial charge in [0.2, 0.25) is 0 Å². The third kappa shape index (κ3) is 2.21. The van der Waals surface area contributed by atoms with Crippen molar-refractivity contribution in [3.05, 3.63) is 10.9 Å². The number of nitrogens with zero attached hydrogens (tertiary/aromatic N) is 1. The summed E-state index contributed by atoms with van der Waals surface area (Å²) in [6.45, 7) is 2.16. The van der Waals surface area contributed by atoms with Gasteiger partial charge in [-0.2, -0.15) is 0 Å². The molecule has 0 unspecified atom stereocenters. The van der Waals surface area contributed by atoms with Crippen LogP contribution in [0.2, 0.25) is 0 Å². The van der Waals surface area contributed by atoms with E-state index < -0.39 is 0 Å². The van der Waals surface area contributed by atoms with E-state index in [-0.39, 0.29) is 5.91 Å². The minimum absolute atomic E-state index is 0.0558. The maximum Gasteiger partial charge on any atom is 0.261 e. The Bertz CT molecular complexity index is 543. The van der Waals surface area contributed by atoms with E-state index in [1.54, 1.807) is 23.1 Å². The third-order valence-electron chi connectivity index (χ3n) is 2.89. The lowest BCUT2D eigenvalue weighted by molar-refractivity contribution is 0.0953. The second kappa shape index (κ2) is 4.26. The van der Waals surface area contributed by atoms with Gasteiger partial charge in [0.25, 0.3) is 5.91 Å². The van der Waals surface area contributed by atoms with E-state index in [4.69, 9.17) is 0 Å². The van der Waals surface area contributed by atoms with Gasteiger partial charge in [-0.05, 0) is 24.7 Å². The minimum Gasteiger partial charge on any atom is -0.348 e. The molecule has 2 atom stereocenters. The number of aromatic nitrogens is 1. The van der Waals surface area contributed by atoms with Gasteiger partial charge < -0.3 is 5.32 Å². The highest BCUT2D eigenvalue weighted by molar-refractivity contribution is 8.00. The molecule has 1 saturated carbocycles. The first-order valence-electron chi connectivity index (χ1n) is 5.42. The van der Waals surface area contributed by atoms with E-state index in [9.17, 15) is 4.79 Å². The fourth-order valence-electron chi connectivity index (χ4n) is 1.68. The van der Waals surface area contributed by atoms with Crippen molar-refractivity contribution in [3.8, 4) is 0 Å². The monoisotopic (exact) mass is 284 g/mol. The van der Waals surface area contributed by atoms with Gasteiger partial charge in [0.05, 0.1) is 9.58 Å². The lowest BCUT2D eigenvalue weighted by atomic mass is 10.4. The molecule has 2 aromatic rings. The van der Waals surface area contributed by atoms with Gasteiger partial charge in [0.15, 0.2) is 4.34 Å². The number of amides is 1. The molecule has 0 spiro atoms. The van der Waals surface area contributed by atoms with Crippen molar-refractivity contribution in [1.29, 1.82) is 0 Å². The molecule has 0 bridgehead atoms. The van der Waals surface area contributed by atoms with Crippen LogP contribution in [0.1, 0.15) is 23.0 Å². The molecule has 1 N–H and O–H groups in total. The summed E-state index contributed by atoms with van der Waals surface area (Å²) in [6, 6.07) is 2.34. The predicted octanol–water partition coefficient (Wildman–Crippen LogP) is 3.22. The average Bonchev–Trinajstić information content (AvgIpc) is 2.74. The summed E-state index contributed by atoms with van der Waals surface area (Å²) < 4.78 is 2.18. The van der Waals surface area contributed by atoms with Crippen LogP contribution in [0.3, 0.4) is 0 Å². The molecule has 1 amide bonds. The molecule has 90 valence electrons. The number of thioether (sulfide) groups is 1. The van der Waals surface area contributed by atoms with Crippen LogP contribution < -0.4 is 5.32 Å². The third-order valence-corrected chi connectivity index (χ3v) is 6.04. The summed E-state index contributed by atoms with van der Waals surface area (Å²) >= 11 is 4.79. The van der Waals surface area contributed by atoms with Gasteiger partial charge >= 0.3 is 0 Å². The van der Waals surface area contributed by atoms with Crippen molar-refractivity contribution in [2.75, 3.05) is 6.26 Å². The highest BCUT2D eigenvalue weighted by Crippen LogP contribution is 2.35. The number of hydrogen-bond donors (Lipinski definition) is 1. The molecular formula is C11H12N2OS3. The van der Waals surface area contributed by atoms with E-state index in [0.717, 1.165) is 25.2 Å². The van der Waals surface area contributed by atoms with Crippen molar-refractivity contribution in [1.82, 2.24) is 10.3 Å². The molecule has 0 aliphatic heterocycles. The van der Waals surface area contributed by atoms with Crippen LogP contribution in [0, 0.1) is 5.92 Å². The van der Waals surface area contributed by atoms with E-state index in [1.165, 1.54) is 11.3 Å². The first-order chi connectivity index (χ1) is 8.17. The normalized spacial score (nSPS) is 22.9. The molecule has 1 fully saturated rings. The summed E-state index contributed by atoms with van der Waals surface area (Å²) in [7, 11) is 0. The molecule has 1 aliphatic rings. The SMILES string of the molecule is CSc1nc2sc(C(=O)N[C@H]3C[C@@H]3C)cc2s1. The summed E-state index contributed by atoms with van der Waals surface area (Å²) in [5.74, 6) is 0.696. The lowest BCUT2D eigenvalue weighted by Crippen LogP contribution is -2.25. The Hall–Kier alpha value is -0.590. The zero-order valence-electron chi connectivity index (χ0n) is 9.52. The van der Waals surface area contributed by atoms with E-state index in [2.05, 4.69) is 17.2 Å². The lowest BCUT2D eigenvalue weighted by Gasteiger charge is -1.99. The number of thiazole rings is 1. The molecule has 3 nitrogen and oxygen atoms in total. The maximum absolute atomic E-state index is 11.9. The fourth-order valence-corrected chi connectivity index (χ4v) is 4.37. The van der Waals surface area contributed by atoms with E-state index in [1.807, 2.05) is 12.3 Å². The zero-order chi connectivity index (χ0) is 12.0. The number of carbonyl (C=O) groups excluding carboxylic acids is 1. The fraction of sp³-hybridized carbons (Fsp3) is 0.455. The molecule has 0 radical (unpaired) electrons. The van der Waals surface area contributed by atoms with Crippen LogP contribution in [0.15, 0.2) is 10.4 Å². The largest absolute Gasteiger partial charge is 0.348 e. The number of fused-ring (bicyclic) bond motifs is 1. The Labute approximate surface area is 112 Å². The second-order valence-electron chi connectivity index (χ2n) is 4.26. The first kappa shape index (κ1) is 11.5. The van der Waals surface area contributed by atoms with Crippen LogP contribution in [0.25, 0.3) is 9.53 Å². The Morgan fingerprint density at radius 2 is 2.35 bits per heavy atom. The minimum atomic E-state index is 0.0558. The number of rotatable bonds is 3. The van der Waals surface area contributed by atoms with Crippen molar-refractivity contribution in [2.45, 2.75) is 23.7 Å². The zero-order valence-corrected chi connectivity index (χ0v) is 12.0. The Balaban J connectivity index is 1.80. The van der Waals surface area contributed by atoms with Crippen LogP contribution in [-0.4, -0.2) is 23.2 Å². The van der Waals surface area contributed by atoms with Crippen LogP contribution in [0.5, 0.6) is 0 Å². The van der Waals surface area contributed by atoms with Crippen molar-refractivity contribution in [3.63, 3.8) is 0 Å². The smallest absolute Gasteiger partial charge is 0.261 e. The van der Waals surface area contributed by atoms with Gasteiger partial charge in [-0.25, -0.2) is 4.98 Å². The van der Waals surface area contributed by atoms with Gasteiger partial charge in [-0.3, -0.25) is 4.79 Å². The van der Waals surface area contributed by atoms with Crippen molar-refractivity contribution in [2.24, 2.45) is 5.92 Å². The van der Waals surface area contributed by atoms with Gasteiger partial charge in [0, 0.05) is 6.04 Å². The van der Waals surface area contributed by atoms with Gasteiger partial charge in [-0.1, -0.05) is 18.7 Å².